The molecule has 0 radical (unpaired) electrons. The lowest BCUT2D eigenvalue weighted by atomic mass is 9.69. The van der Waals surface area contributed by atoms with Crippen molar-refractivity contribution in [2.75, 3.05) is 38.9 Å². The summed E-state index contributed by atoms with van der Waals surface area (Å²) in [5.41, 5.74) is 2.65. The van der Waals surface area contributed by atoms with E-state index in [4.69, 9.17) is 18.9 Å². The molecular formula is C27H34BrNO7S. The highest BCUT2D eigenvalue weighted by Crippen LogP contribution is 2.48. The van der Waals surface area contributed by atoms with Crippen LogP contribution in [-0.2, 0) is 23.9 Å². The summed E-state index contributed by atoms with van der Waals surface area (Å²) in [5.74, 6) is -0.875. The fourth-order valence-corrected chi connectivity index (χ4v) is 6.03. The molecule has 0 saturated carbocycles. The predicted octanol–water partition coefficient (Wildman–Crippen LogP) is 4.77. The molecule has 1 heterocycles. The molecule has 0 aromatic heterocycles. The highest BCUT2D eigenvalue weighted by molar-refractivity contribution is 9.10. The second-order valence-electron chi connectivity index (χ2n) is 8.84. The van der Waals surface area contributed by atoms with Gasteiger partial charge in [0, 0.05) is 28.6 Å². The molecule has 3 atom stereocenters. The summed E-state index contributed by atoms with van der Waals surface area (Å²) in [6, 6.07) is 3.59. The summed E-state index contributed by atoms with van der Waals surface area (Å²) in [6.07, 6.45) is 0.458. The molecule has 0 spiro atoms. The van der Waals surface area contributed by atoms with Gasteiger partial charge in [0.1, 0.15) is 12.5 Å². The first-order chi connectivity index (χ1) is 17.7. The van der Waals surface area contributed by atoms with Crippen LogP contribution in [-0.4, -0.2) is 56.7 Å². The molecule has 0 bridgehead atoms. The standard InChI is InChI=1S/C27H34BrNO7S/c1-7-35-19-13-16(12-17(28)25(19)33-5)22-21(27(32)36-9-10-37-8-2)15(4)29-18-11-14(3)20(26(31)34-6)24(30)23(18)22/h12-14,20,22,29H,7-11H2,1-6H3/t14-,20+,22-/m1/s1. The van der Waals surface area contributed by atoms with Crippen LogP contribution in [0.15, 0.2) is 39.1 Å². The van der Waals surface area contributed by atoms with E-state index in [2.05, 4.69) is 21.2 Å². The monoisotopic (exact) mass is 595 g/mol. The molecule has 1 N–H and O–H groups in total. The van der Waals surface area contributed by atoms with E-state index in [0.29, 0.717) is 62.9 Å². The van der Waals surface area contributed by atoms with Crippen molar-refractivity contribution in [1.82, 2.24) is 5.32 Å². The molecule has 1 aliphatic heterocycles. The topological polar surface area (TPSA) is 100 Å². The number of methoxy groups -OCH3 is 2. The number of rotatable bonds is 10. The van der Waals surface area contributed by atoms with Crippen molar-refractivity contribution in [2.24, 2.45) is 11.8 Å². The van der Waals surface area contributed by atoms with Crippen LogP contribution in [0.5, 0.6) is 11.5 Å². The number of halogens is 1. The van der Waals surface area contributed by atoms with Gasteiger partial charge in [-0.3, -0.25) is 9.59 Å². The first-order valence-electron chi connectivity index (χ1n) is 12.3. The molecule has 1 aromatic rings. The molecule has 0 amide bonds. The average molecular weight is 597 g/mol. The predicted molar refractivity (Wildman–Crippen MR) is 146 cm³/mol. The fourth-order valence-electron chi connectivity index (χ4n) is 4.92. The number of allylic oxidation sites excluding steroid dienone is 3. The Labute approximate surface area is 230 Å². The highest BCUT2D eigenvalue weighted by Gasteiger charge is 2.47. The Morgan fingerprint density at radius 2 is 1.95 bits per heavy atom. The van der Waals surface area contributed by atoms with Crippen molar-refractivity contribution in [2.45, 2.75) is 40.0 Å². The number of carbonyl (C=O) groups excluding carboxylic acids is 3. The number of thioether (sulfide) groups is 1. The van der Waals surface area contributed by atoms with Crippen molar-refractivity contribution < 1.29 is 33.3 Å². The largest absolute Gasteiger partial charge is 0.492 e. The van der Waals surface area contributed by atoms with Gasteiger partial charge in [0.2, 0.25) is 0 Å². The fraction of sp³-hybridized carbons (Fsp3) is 0.519. The van der Waals surface area contributed by atoms with Crippen LogP contribution in [0.4, 0.5) is 0 Å². The Kier molecular flexibility index (Phi) is 10.1. The minimum Gasteiger partial charge on any atom is -0.492 e. The van der Waals surface area contributed by atoms with E-state index in [9.17, 15) is 14.4 Å². The number of ether oxygens (including phenoxy) is 4. The van der Waals surface area contributed by atoms with Crippen LogP contribution < -0.4 is 14.8 Å². The van der Waals surface area contributed by atoms with E-state index in [0.717, 1.165) is 5.75 Å². The highest BCUT2D eigenvalue weighted by atomic mass is 79.9. The number of ketones is 1. The Bertz CT molecular complexity index is 1130. The number of esters is 2. The van der Waals surface area contributed by atoms with Crippen LogP contribution in [0, 0.1) is 11.8 Å². The summed E-state index contributed by atoms with van der Waals surface area (Å²) in [4.78, 5) is 40.0. The number of Topliss-reactive ketones (excluding diaryl/α,β-unsaturated/α-hetero) is 1. The third-order valence-corrected chi connectivity index (χ3v) is 7.95. The van der Waals surface area contributed by atoms with Gasteiger partial charge >= 0.3 is 11.9 Å². The molecule has 37 heavy (non-hydrogen) atoms. The zero-order valence-electron chi connectivity index (χ0n) is 22.1. The molecule has 2 aliphatic rings. The van der Waals surface area contributed by atoms with Crippen LogP contribution >= 0.6 is 27.7 Å². The SMILES string of the molecule is CCOc1cc([C@@H]2C(C(=O)OCCSCC)=C(C)NC3=C2C(=O)[C@@H](C(=O)OC)[C@H](C)C3)cc(Br)c1OC. The number of carbonyl (C=O) groups is 3. The average Bonchev–Trinajstić information content (AvgIpc) is 2.85. The molecule has 202 valence electrons. The summed E-state index contributed by atoms with van der Waals surface area (Å²) in [5, 5.41) is 3.28. The first kappa shape index (κ1) is 29.1. The van der Waals surface area contributed by atoms with E-state index in [1.807, 2.05) is 26.8 Å². The van der Waals surface area contributed by atoms with E-state index in [1.54, 1.807) is 31.9 Å². The van der Waals surface area contributed by atoms with Gasteiger partial charge < -0.3 is 24.3 Å². The van der Waals surface area contributed by atoms with Crippen molar-refractivity contribution in [3.8, 4) is 11.5 Å². The van der Waals surface area contributed by atoms with Crippen LogP contribution in [0.2, 0.25) is 0 Å². The Balaban J connectivity index is 2.19. The molecule has 3 rings (SSSR count). The zero-order chi connectivity index (χ0) is 27.3. The third kappa shape index (κ3) is 6.00. The summed E-state index contributed by atoms with van der Waals surface area (Å²) >= 11 is 5.23. The van der Waals surface area contributed by atoms with Gasteiger partial charge in [-0.05, 0) is 65.6 Å². The van der Waals surface area contributed by atoms with E-state index < -0.39 is 23.8 Å². The number of dihydropyridines is 1. The van der Waals surface area contributed by atoms with Gasteiger partial charge in [-0.25, -0.2) is 4.79 Å². The molecule has 0 unspecified atom stereocenters. The van der Waals surface area contributed by atoms with Crippen molar-refractivity contribution >= 4 is 45.4 Å². The lowest BCUT2D eigenvalue weighted by molar-refractivity contribution is -0.151. The number of hydrogen-bond donors (Lipinski definition) is 1. The molecule has 10 heteroatoms. The maximum atomic E-state index is 13.9. The van der Waals surface area contributed by atoms with Crippen LogP contribution in [0.1, 0.15) is 45.6 Å². The number of benzene rings is 1. The van der Waals surface area contributed by atoms with Gasteiger partial charge in [-0.15, -0.1) is 0 Å². The molecule has 1 aromatic carbocycles. The quantitative estimate of drug-likeness (QED) is 0.233. The van der Waals surface area contributed by atoms with Crippen molar-refractivity contribution in [3.05, 3.63) is 44.7 Å². The van der Waals surface area contributed by atoms with Crippen LogP contribution in [0.25, 0.3) is 0 Å². The lowest BCUT2D eigenvalue weighted by Crippen LogP contribution is -2.43. The molecule has 0 fully saturated rings. The third-order valence-electron chi connectivity index (χ3n) is 6.50. The maximum Gasteiger partial charge on any atom is 0.336 e. The van der Waals surface area contributed by atoms with E-state index in [1.165, 1.54) is 7.11 Å². The second-order valence-corrected chi connectivity index (χ2v) is 11.1. The minimum atomic E-state index is -0.960. The van der Waals surface area contributed by atoms with Gasteiger partial charge in [0.25, 0.3) is 0 Å². The minimum absolute atomic E-state index is 0.249. The first-order valence-corrected chi connectivity index (χ1v) is 14.2. The van der Waals surface area contributed by atoms with E-state index in [-0.39, 0.29) is 18.3 Å². The van der Waals surface area contributed by atoms with Crippen molar-refractivity contribution in [1.29, 1.82) is 0 Å². The Morgan fingerprint density at radius 1 is 1.22 bits per heavy atom. The van der Waals surface area contributed by atoms with Gasteiger partial charge in [0.15, 0.2) is 17.3 Å². The maximum absolute atomic E-state index is 13.9. The zero-order valence-corrected chi connectivity index (χ0v) is 24.5. The van der Waals surface area contributed by atoms with Gasteiger partial charge in [-0.2, -0.15) is 11.8 Å². The molecular weight excluding hydrogens is 562 g/mol. The van der Waals surface area contributed by atoms with Crippen molar-refractivity contribution in [3.63, 3.8) is 0 Å². The molecule has 0 saturated heterocycles. The van der Waals surface area contributed by atoms with Gasteiger partial charge in [0.05, 0.1) is 30.9 Å². The number of nitrogens with one attached hydrogen (secondary N) is 1. The van der Waals surface area contributed by atoms with Crippen LogP contribution in [0.3, 0.4) is 0 Å². The second kappa shape index (κ2) is 12.9. The van der Waals surface area contributed by atoms with E-state index >= 15 is 0 Å². The Morgan fingerprint density at radius 3 is 2.57 bits per heavy atom. The summed E-state index contributed by atoms with van der Waals surface area (Å²) < 4.78 is 22.6. The van der Waals surface area contributed by atoms with Gasteiger partial charge in [-0.1, -0.05) is 13.8 Å². The molecule has 1 aliphatic carbocycles. The smallest absolute Gasteiger partial charge is 0.336 e. The summed E-state index contributed by atoms with van der Waals surface area (Å²) in [7, 11) is 2.82. The summed E-state index contributed by atoms with van der Waals surface area (Å²) in [6.45, 7) is 8.20. The Hall–Kier alpha value is -2.46. The number of hydrogen-bond acceptors (Lipinski definition) is 9. The lowest BCUT2D eigenvalue weighted by Gasteiger charge is -2.38. The molecule has 8 nitrogen and oxygen atoms in total. The normalized spacial score (nSPS) is 21.3.